The summed E-state index contributed by atoms with van der Waals surface area (Å²) in [5.41, 5.74) is 1.28. The number of hydrogen-bond donors (Lipinski definition) is 1. The van der Waals surface area contributed by atoms with Gasteiger partial charge < -0.3 is 10.1 Å². The second-order valence-corrected chi connectivity index (χ2v) is 6.56. The van der Waals surface area contributed by atoms with Crippen LogP contribution < -0.4 is 10.1 Å². The second-order valence-electron chi connectivity index (χ2n) is 5.53. The fourth-order valence-electron chi connectivity index (χ4n) is 2.51. The Morgan fingerprint density at radius 2 is 2.08 bits per heavy atom. The molecule has 0 aliphatic heterocycles. The molecule has 6 nitrogen and oxygen atoms in total. The summed E-state index contributed by atoms with van der Waals surface area (Å²) in [6, 6.07) is 14.0. The van der Waals surface area contributed by atoms with Crippen LogP contribution >= 0.6 is 11.3 Å². The second kappa shape index (κ2) is 8.43. The van der Waals surface area contributed by atoms with Gasteiger partial charge in [0.15, 0.2) is 0 Å². The van der Waals surface area contributed by atoms with Gasteiger partial charge in [0.05, 0.1) is 13.7 Å². The summed E-state index contributed by atoms with van der Waals surface area (Å²) in [5.74, 6) is 0.113. The molecule has 0 atom stereocenters. The molecular weight excluding hydrogens is 336 g/mol. The SMILES string of the molecule is COc1c(C(=O)NCCCc2cccs2)nnn1Cc1ccccc1. The molecule has 3 rings (SSSR count). The first-order valence-electron chi connectivity index (χ1n) is 8.10. The maximum Gasteiger partial charge on any atom is 0.277 e. The number of aromatic nitrogens is 3. The van der Waals surface area contributed by atoms with Crippen LogP contribution in [0.5, 0.6) is 5.88 Å². The molecule has 2 aromatic heterocycles. The number of rotatable bonds is 8. The van der Waals surface area contributed by atoms with Gasteiger partial charge in [0.25, 0.3) is 5.91 Å². The van der Waals surface area contributed by atoms with Crippen molar-refractivity contribution in [2.24, 2.45) is 0 Å². The molecule has 0 unspecified atom stereocenters. The van der Waals surface area contributed by atoms with Crippen LogP contribution in [0, 0.1) is 0 Å². The van der Waals surface area contributed by atoms with Crippen LogP contribution in [0.4, 0.5) is 0 Å². The molecule has 0 aliphatic carbocycles. The highest BCUT2D eigenvalue weighted by Gasteiger charge is 2.20. The fourth-order valence-corrected chi connectivity index (χ4v) is 3.26. The van der Waals surface area contributed by atoms with E-state index in [9.17, 15) is 4.79 Å². The van der Waals surface area contributed by atoms with E-state index in [1.54, 1.807) is 16.0 Å². The first kappa shape index (κ1) is 17.2. The molecule has 0 fully saturated rings. The summed E-state index contributed by atoms with van der Waals surface area (Å²) >= 11 is 1.73. The van der Waals surface area contributed by atoms with Crippen LogP contribution in [0.3, 0.4) is 0 Å². The Morgan fingerprint density at radius 3 is 2.80 bits per heavy atom. The highest BCUT2D eigenvalue weighted by atomic mass is 32.1. The van der Waals surface area contributed by atoms with Crippen molar-refractivity contribution >= 4 is 17.2 Å². The van der Waals surface area contributed by atoms with E-state index >= 15 is 0 Å². The summed E-state index contributed by atoms with van der Waals surface area (Å²) in [5, 5.41) is 13.0. The smallest absolute Gasteiger partial charge is 0.277 e. The Morgan fingerprint density at radius 1 is 1.24 bits per heavy atom. The minimum atomic E-state index is -0.262. The van der Waals surface area contributed by atoms with Gasteiger partial charge in [-0.3, -0.25) is 4.79 Å². The van der Waals surface area contributed by atoms with Gasteiger partial charge in [-0.15, -0.1) is 16.4 Å². The lowest BCUT2D eigenvalue weighted by molar-refractivity contribution is 0.0944. The number of methoxy groups -OCH3 is 1. The maximum absolute atomic E-state index is 12.3. The van der Waals surface area contributed by atoms with Gasteiger partial charge in [-0.2, -0.15) is 0 Å². The fraction of sp³-hybridized carbons (Fsp3) is 0.278. The molecule has 1 aromatic carbocycles. The quantitative estimate of drug-likeness (QED) is 0.630. The van der Waals surface area contributed by atoms with Crippen LogP contribution in [0.25, 0.3) is 0 Å². The highest BCUT2D eigenvalue weighted by molar-refractivity contribution is 7.09. The predicted octanol–water partition coefficient (Wildman–Crippen LogP) is 2.76. The molecule has 1 N–H and O–H groups in total. The number of nitrogens with one attached hydrogen (secondary N) is 1. The lowest BCUT2D eigenvalue weighted by Crippen LogP contribution is -2.25. The minimum absolute atomic E-state index is 0.217. The number of ether oxygens (including phenoxy) is 1. The Labute approximate surface area is 150 Å². The van der Waals surface area contributed by atoms with Crippen LogP contribution in [-0.2, 0) is 13.0 Å². The van der Waals surface area contributed by atoms with Gasteiger partial charge >= 0.3 is 0 Å². The van der Waals surface area contributed by atoms with Crippen LogP contribution in [0.15, 0.2) is 47.8 Å². The number of benzene rings is 1. The van der Waals surface area contributed by atoms with E-state index in [4.69, 9.17) is 4.74 Å². The number of hydrogen-bond acceptors (Lipinski definition) is 5. The predicted molar refractivity (Wildman–Crippen MR) is 97.1 cm³/mol. The molecule has 25 heavy (non-hydrogen) atoms. The summed E-state index contributed by atoms with van der Waals surface area (Å²) in [7, 11) is 1.52. The largest absolute Gasteiger partial charge is 0.479 e. The molecular formula is C18H20N4O2S. The molecule has 0 aliphatic rings. The molecule has 0 saturated carbocycles. The number of thiophene rings is 1. The normalized spacial score (nSPS) is 10.6. The monoisotopic (exact) mass is 356 g/mol. The molecule has 1 amide bonds. The molecule has 0 spiro atoms. The third kappa shape index (κ3) is 4.45. The van der Waals surface area contributed by atoms with Gasteiger partial charge in [0, 0.05) is 11.4 Å². The van der Waals surface area contributed by atoms with Crippen molar-refractivity contribution in [3.8, 4) is 5.88 Å². The maximum atomic E-state index is 12.3. The van der Waals surface area contributed by atoms with E-state index in [1.165, 1.54) is 12.0 Å². The van der Waals surface area contributed by atoms with Gasteiger partial charge in [-0.05, 0) is 29.9 Å². The first-order valence-corrected chi connectivity index (χ1v) is 8.98. The summed E-state index contributed by atoms with van der Waals surface area (Å²) in [6.45, 7) is 1.09. The van der Waals surface area contributed by atoms with Gasteiger partial charge in [0.1, 0.15) is 0 Å². The van der Waals surface area contributed by atoms with E-state index in [1.807, 2.05) is 36.4 Å². The van der Waals surface area contributed by atoms with Crippen LogP contribution in [0.1, 0.15) is 27.3 Å². The van der Waals surface area contributed by atoms with Gasteiger partial charge in [0.2, 0.25) is 11.6 Å². The van der Waals surface area contributed by atoms with Gasteiger partial charge in [-0.25, -0.2) is 4.68 Å². The zero-order chi connectivity index (χ0) is 17.5. The standard InChI is InChI=1S/C18H20N4O2S/c1-24-18-16(17(23)19-11-5-9-15-10-6-12-25-15)20-21-22(18)13-14-7-3-2-4-8-14/h2-4,6-8,10,12H,5,9,11,13H2,1H3,(H,19,23). The number of carbonyl (C=O) groups excluding carboxylic acids is 1. The average Bonchev–Trinajstić information content (AvgIpc) is 3.29. The minimum Gasteiger partial charge on any atom is -0.479 e. The van der Waals surface area contributed by atoms with Crippen LogP contribution in [0.2, 0.25) is 0 Å². The Kier molecular flexibility index (Phi) is 5.79. The molecule has 0 bridgehead atoms. The average molecular weight is 356 g/mol. The first-order chi connectivity index (χ1) is 12.3. The number of aryl methyl sites for hydroxylation is 1. The highest BCUT2D eigenvalue weighted by Crippen LogP contribution is 2.17. The van der Waals surface area contributed by atoms with E-state index in [0.29, 0.717) is 19.0 Å². The zero-order valence-electron chi connectivity index (χ0n) is 14.0. The van der Waals surface area contributed by atoms with Crippen molar-refractivity contribution < 1.29 is 9.53 Å². The topological polar surface area (TPSA) is 69.0 Å². The summed E-state index contributed by atoms with van der Waals surface area (Å²) in [4.78, 5) is 13.7. The third-order valence-electron chi connectivity index (χ3n) is 3.74. The van der Waals surface area contributed by atoms with Crippen molar-refractivity contribution in [2.75, 3.05) is 13.7 Å². The Balaban J connectivity index is 1.58. The van der Waals surface area contributed by atoms with E-state index < -0.39 is 0 Å². The molecule has 7 heteroatoms. The number of carbonyl (C=O) groups is 1. The summed E-state index contributed by atoms with van der Waals surface area (Å²) < 4.78 is 6.95. The van der Waals surface area contributed by atoms with Crippen molar-refractivity contribution in [3.63, 3.8) is 0 Å². The lowest BCUT2D eigenvalue weighted by Gasteiger charge is -2.07. The molecule has 0 radical (unpaired) electrons. The molecule has 3 aromatic rings. The Bertz CT molecular complexity index is 800. The number of nitrogens with zero attached hydrogens (tertiary/aromatic N) is 3. The van der Waals surface area contributed by atoms with Crippen molar-refractivity contribution in [3.05, 3.63) is 64.0 Å². The van der Waals surface area contributed by atoms with E-state index in [0.717, 1.165) is 18.4 Å². The Hall–Kier alpha value is -2.67. The number of amides is 1. The zero-order valence-corrected chi connectivity index (χ0v) is 14.8. The third-order valence-corrected chi connectivity index (χ3v) is 4.68. The van der Waals surface area contributed by atoms with Crippen molar-refractivity contribution in [2.45, 2.75) is 19.4 Å². The van der Waals surface area contributed by atoms with Crippen molar-refractivity contribution in [1.29, 1.82) is 0 Å². The van der Waals surface area contributed by atoms with Crippen molar-refractivity contribution in [1.82, 2.24) is 20.3 Å². The summed E-state index contributed by atoms with van der Waals surface area (Å²) in [6.07, 6.45) is 1.84. The molecule has 2 heterocycles. The lowest BCUT2D eigenvalue weighted by atomic mass is 10.2. The van der Waals surface area contributed by atoms with Crippen LogP contribution in [-0.4, -0.2) is 34.6 Å². The van der Waals surface area contributed by atoms with E-state index in [2.05, 4.69) is 27.1 Å². The van der Waals surface area contributed by atoms with Gasteiger partial charge in [-0.1, -0.05) is 41.6 Å². The molecule has 0 saturated heterocycles. The molecule has 130 valence electrons. The van der Waals surface area contributed by atoms with E-state index in [-0.39, 0.29) is 11.6 Å².